The van der Waals surface area contributed by atoms with Gasteiger partial charge in [-0.15, -0.1) is 0 Å². The van der Waals surface area contributed by atoms with Gasteiger partial charge >= 0.3 is 12.0 Å². The Bertz CT molecular complexity index is 467. The second kappa shape index (κ2) is 9.06. The van der Waals surface area contributed by atoms with Crippen molar-refractivity contribution in [2.45, 2.75) is 19.4 Å². The number of carbonyl (C=O) groups is 2. The Morgan fingerprint density at radius 1 is 1.48 bits per heavy atom. The summed E-state index contributed by atoms with van der Waals surface area (Å²) < 4.78 is 5.19. The monoisotopic (exact) mass is 313 g/mol. The highest BCUT2D eigenvalue weighted by molar-refractivity contribution is 7.98. The van der Waals surface area contributed by atoms with Crippen LogP contribution in [0.3, 0.4) is 0 Å². The number of ether oxygens (including phenoxy) is 1. The van der Waals surface area contributed by atoms with Crippen LogP contribution in [0.5, 0.6) is 5.88 Å². The summed E-state index contributed by atoms with van der Waals surface area (Å²) in [4.78, 5) is 26.8. The van der Waals surface area contributed by atoms with Crippen LogP contribution in [0.25, 0.3) is 0 Å². The summed E-state index contributed by atoms with van der Waals surface area (Å²) in [7, 11) is 0. The van der Waals surface area contributed by atoms with Crippen molar-refractivity contribution in [3.05, 3.63) is 18.3 Å². The second-order valence-electron chi connectivity index (χ2n) is 4.09. The highest BCUT2D eigenvalue weighted by atomic mass is 32.2. The van der Waals surface area contributed by atoms with Crippen LogP contribution in [-0.2, 0) is 4.79 Å². The molecule has 0 fully saturated rings. The van der Waals surface area contributed by atoms with E-state index in [9.17, 15) is 9.59 Å². The molecule has 7 nitrogen and oxygen atoms in total. The number of thioether (sulfide) groups is 1. The fraction of sp³-hybridized carbons (Fsp3) is 0.462. The van der Waals surface area contributed by atoms with Crippen molar-refractivity contribution < 1.29 is 19.4 Å². The number of carboxylic acid groups (broad SMARTS) is 1. The molecule has 1 aromatic heterocycles. The van der Waals surface area contributed by atoms with E-state index in [1.165, 1.54) is 18.0 Å². The number of anilines is 1. The first-order valence-electron chi connectivity index (χ1n) is 6.45. The number of aliphatic carboxylic acids is 1. The van der Waals surface area contributed by atoms with Gasteiger partial charge in [0.2, 0.25) is 5.88 Å². The fourth-order valence-corrected chi connectivity index (χ4v) is 1.98. The number of carboxylic acids is 1. The highest BCUT2D eigenvalue weighted by Gasteiger charge is 2.19. The number of amides is 2. The zero-order chi connectivity index (χ0) is 15.7. The van der Waals surface area contributed by atoms with E-state index in [0.717, 1.165) is 0 Å². The lowest BCUT2D eigenvalue weighted by molar-refractivity contribution is -0.139. The summed E-state index contributed by atoms with van der Waals surface area (Å²) in [6.07, 6.45) is 3.69. The van der Waals surface area contributed by atoms with Crippen LogP contribution in [0, 0.1) is 0 Å². The van der Waals surface area contributed by atoms with Gasteiger partial charge in [-0.3, -0.25) is 0 Å². The minimum absolute atomic E-state index is 0.367. The third-order valence-corrected chi connectivity index (χ3v) is 3.14. The van der Waals surface area contributed by atoms with Crippen molar-refractivity contribution in [1.29, 1.82) is 0 Å². The zero-order valence-corrected chi connectivity index (χ0v) is 12.8. The molecule has 0 aliphatic carbocycles. The van der Waals surface area contributed by atoms with Gasteiger partial charge in [0.25, 0.3) is 0 Å². The molecule has 1 heterocycles. The fourth-order valence-electron chi connectivity index (χ4n) is 1.51. The Morgan fingerprint density at radius 2 is 2.24 bits per heavy atom. The summed E-state index contributed by atoms with van der Waals surface area (Å²) in [6.45, 7) is 2.36. The number of hydrogen-bond acceptors (Lipinski definition) is 5. The smallest absolute Gasteiger partial charge is 0.326 e. The number of nitrogens with zero attached hydrogens (tertiary/aromatic N) is 1. The number of urea groups is 1. The first-order chi connectivity index (χ1) is 10.1. The molecule has 0 saturated heterocycles. The molecule has 0 bridgehead atoms. The van der Waals surface area contributed by atoms with Crippen LogP contribution < -0.4 is 15.4 Å². The molecule has 0 aliphatic rings. The lowest BCUT2D eigenvalue weighted by atomic mass is 10.2. The van der Waals surface area contributed by atoms with Crippen LogP contribution in [0.2, 0.25) is 0 Å². The molecular weight excluding hydrogens is 294 g/mol. The van der Waals surface area contributed by atoms with Crippen LogP contribution in [0.15, 0.2) is 18.3 Å². The number of aromatic nitrogens is 1. The molecule has 3 N–H and O–H groups in total. The van der Waals surface area contributed by atoms with E-state index in [0.29, 0.717) is 30.3 Å². The molecule has 21 heavy (non-hydrogen) atoms. The Hall–Kier alpha value is -1.96. The van der Waals surface area contributed by atoms with Gasteiger partial charge in [-0.25, -0.2) is 14.6 Å². The van der Waals surface area contributed by atoms with E-state index in [1.54, 1.807) is 12.1 Å². The summed E-state index contributed by atoms with van der Waals surface area (Å²) >= 11 is 1.53. The number of carbonyl (C=O) groups excluding carboxylic acids is 1. The van der Waals surface area contributed by atoms with Gasteiger partial charge in [0, 0.05) is 6.07 Å². The third-order valence-electron chi connectivity index (χ3n) is 2.50. The second-order valence-corrected chi connectivity index (χ2v) is 5.07. The van der Waals surface area contributed by atoms with Crippen molar-refractivity contribution in [3.63, 3.8) is 0 Å². The zero-order valence-electron chi connectivity index (χ0n) is 12.0. The van der Waals surface area contributed by atoms with E-state index in [2.05, 4.69) is 15.6 Å². The maximum Gasteiger partial charge on any atom is 0.326 e. The van der Waals surface area contributed by atoms with E-state index in [-0.39, 0.29) is 0 Å². The Labute approximate surface area is 127 Å². The molecule has 1 unspecified atom stereocenters. The lowest BCUT2D eigenvalue weighted by Crippen LogP contribution is -2.43. The van der Waals surface area contributed by atoms with Crippen molar-refractivity contribution >= 4 is 29.4 Å². The average molecular weight is 313 g/mol. The van der Waals surface area contributed by atoms with Gasteiger partial charge in [0.15, 0.2) is 0 Å². The van der Waals surface area contributed by atoms with Gasteiger partial charge in [-0.2, -0.15) is 11.8 Å². The Morgan fingerprint density at radius 3 is 2.76 bits per heavy atom. The number of nitrogens with one attached hydrogen (secondary N) is 2. The molecule has 1 atom stereocenters. The van der Waals surface area contributed by atoms with Gasteiger partial charge in [0.05, 0.1) is 18.5 Å². The van der Waals surface area contributed by atoms with Crippen molar-refractivity contribution in [2.24, 2.45) is 0 Å². The Kier molecular flexibility index (Phi) is 7.38. The molecule has 0 aromatic carbocycles. The first kappa shape index (κ1) is 17.1. The molecule has 1 aromatic rings. The van der Waals surface area contributed by atoms with Crippen molar-refractivity contribution in [2.75, 3.05) is 23.9 Å². The normalized spacial score (nSPS) is 11.5. The SMILES string of the molecule is CCOc1ccc(NC(=O)NC(CCSC)C(=O)O)cn1. The average Bonchev–Trinajstić information content (AvgIpc) is 2.45. The first-order valence-corrected chi connectivity index (χ1v) is 7.84. The lowest BCUT2D eigenvalue weighted by Gasteiger charge is -2.14. The standard InChI is InChI=1S/C13H19N3O4S/c1-3-20-11-5-4-9(8-14-11)15-13(19)16-10(12(17)18)6-7-21-2/h4-5,8,10H,3,6-7H2,1-2H3,(H,17,18)(H2,15,16,19). The molecule has 116 valence electrons. The molecule has 8 heteroatoms. The molecule has 2 amide bonds. The van der Waals surface area contributed by atoms with E-state index in [4.69, 9.17) is 9.84 Å². The van der Waals surface area contributed by atoms with Gasteiger partial charge in [-0.1, -0.05) is 0 Å². The summed E-state index contributed by atoms with van der Waals surface area (Å²) in [5, 5.41) is 14.0. The number of rotatable bonds is 8. The largest absolute Gasteiger partial charge is 0.480 e. The highest BCUT2D eigenvalue weighted by Crippen LogP contribution is 2.11. The number of hydrogen-bond donors (Lipinski definition) is 3. The number of pyridine rings is 1. The van der Waals surface area contributed by atoms with Crippen LogP contribution in [0.4, 0.5) is 10.5 Å². The molecule has 0 radical (unpaired) electrons. The van der Waals surface area contributed by atoms with Crippen LogP contribution >= 0.6 is 11.8 Å². The van der Waals surface area contributed by atoms with E-state index < -0.39 is 18.0 Å². The predicted molar refractivity (Wildman–Crippen MR) is 82.0 cm³/mol. The topological polar surface area (TPSA) is 101 Å². The Balaban J connectivity index is 2.52. The van der Waals surface area contributed by atoms with Crippen LogP contribution in [-0.4, -0.2) is 46.7 Å². The summed E-state index contributed by atoms with van der Waals surface area (Å²) in [5.41, 5.74) is 0.463. The molecule has 0 spiro atoms. The maximum atomic E-state index is 11.7. The molecule has 1 rings (SSSR count). The van der Waals surface area contributed by atoms with E-state index in [1.807, 2.05) is 13.2 Å². The third kappa shape index (κ3) is 6.35. The van der Waals surface area contributed by atoms with Gasteiger partial charge < -0.3 is 20.5 Å². The maximum absolute atomic E-state index is 11.7. The van der Waals surface area contributed by atoms with Gasteiger partial charge in [0.1, 0.15) is 6.04 Å². The van der Waals surface area contributed by atoms with Crippen LogP contribution in [0.1, 0.15) is 13.3 Å². The molecule has 0 aliphatic heterocycles. The van der Waals surface area contributed by atoms with Crippen molar-refractivity contribution in [1.82, 2.24) is 10.3 Å². The quantitative estimate of drug-likeness (QED) is 0.676. The minimum Gasteiger partial charge on any atom is -0.480 e. The molecular formula is C13H19N3O4S. The van der Waals surface area contributed by atoms with E-state index >= 15 is 0 Å². The molecule has 0 saturated carbocycles. The summed E-state index contributed by atoms with van der Waals surface area (Å²) in [5.74, 6) is 0.0675. The predicted octanol–water partition coefficient (Wildman–Crippen LogP) is 1.81. The minimum atomic E-state index is -1.05. The summed E-state index contributed by atoms with van der Waals surface area (Å²) in [6, 6.07) is 1.78. The van der Waals surface area contributed by atoms with Crippen molar-refractivity contribution in [3.8, 4) is 5.88 Å². The van der Waals surface area contributed by atoms with Gasteiger partial charge in [-0.05, 0) is 31.4 Å².